The number of likely N-dealkylation sites (N-methyl/N-ethyl adjacent to an activating group) is 1. The Bertz CT molecular complexity index is 1030. The number of aliphatic imine (C=N–C) groups is 1. The van der Waals surface area contributed by atoms with Crippen LogP contribution < -0.4 is 5.32 Å². The van der Waals surface area contributed by atoms with Gasteiger partial charge in [-0.25, -0.2) is 4.99 Å². The second-order valence-electron chi connectivity index (χ2n) is 7.91. The maximum Gasteiger partial charge on any atom is 0.139 e. The lowest BCUT2D eigenvalue weighted by Gasteiger charge is -2.46. The minimum absolute atomic E-state index is 0.366. The molecule has 2 atom stereocenters. The number of anilines is 2. The zero-order valence-corrected chi connectivity index (χ0v) is 17.7. The molecule has 2 aromatic carbocycles. The van der Waals surface area contributed by atoms with Gasteiger partial charge in [-0.15, -0.1) is 11.3 Å². The molecule has 2 aliphatic heterocycles. The molecule has 1 fully saturated rings. The lowest BCUT2D eigenvalue weighted by Crippen LogP contribution is -2.59. The van der Waals surface area contributed by atoms with Gasteiger partial charge < -0.3 is 10.2 Å². The van der Waals surface area contributed by atoms with E-state index in [1.807, 2.05) is 0 Å². The molecule has 3 aromatic rings. The van der Waals surface area contributed by atoms with Crippen LogP contribution in [0.5, 0.6) is 0 Å². The number of nitrogens with one attached hydrogen (secondary N) is 1. The SMILES string of the molecule is CC1C(Cc2ccccc2)N(C)CCN1C1=Nc2ccccc2Nc2sccc21. The number of piperazine rings is 1. The van der Waals surface area contributed by atoms with Crippen molar-refractivity contribution in [2.24, 2.45) is 4.99 Å². The van der Waals surface area contributed by atoms with Crippen LogP contribution in [0.3, 0.4) is 0 Å². The summed E-state index contributed by atoms with van der Waals surface area (Å²) in [5.41, 5.74) is 4.69. The second-order valence-corrected chi connectivity index (χ2v) is 8.83. The molecular formula is C24H26N4S. The molecule has 1 aromatic heterocycles. The van der Waals surface area contributed by atoms with Crippen molar-refractivity contribution in [3.05, 3.63) is 77.2 Å². The van der Waals surface area contributed by atoms with Crippen LogP contribution in [0.15, 0.2) is 71.0 Å². The molecule has 2 unspecified atom stereocenters. The van der Waals surface area contributed by atoms with Crippen molar-refractivity contribution in [3.63, 3.8) is 0 Å². The third-order valence-corrected chi connectivity index (χ3v) is 6.98. The van der Waals surface area contributed by atoms with Gasteiger partial charge in [0.2, 0.25) is 0 Å². The van der Waals surface area contributed by atoms with Crippen LogP contribution in [-0.2, 0) is 6.42 Å². The third-order valence-electron chi connectivity index (χ3n) is 6.15. The zero-order valence-electron chi connectivity index (χ0n) is 16.9. The first-order valence-electron chi connectivity index (χ1n) is 10.2. The topological polar surface area (TPSA) is 30.9 Å². The van der Waals surface area contributed by atoms with Crippen molar-refractivity contribution in [1.82, 2.24) is 9.80 Å². The standard InChI is InChI=1S/C24H26N4S/c1-17-22(16-18-8-4-3-5-9-18)27(2)13-14-28(17)23-19-12-15-29-24(19)26-21-11-7-6-10-20(21)25-23/h3-12,15,17,22,26H,13-14,16H2,1-2H3. The molecule has 3 heterocycles. The van der Waals surface area contributed by atoms with Gasteiger partial charge in [-0.3, -0.25) is 4.90 Å². The average molecular weight is 403 g/mol. The molecule has 0 amide bonds. The van der Waals surface area contributed by atoms with E-state index in [-0.39, 0.29) is 0 Å². The molecule has 2 aliphatic rings. The number of hydrogen-bond donors (Lipinski definition) is 1. The molecule has 0 bridgehead atoms. The van der Waals surface area contributed by atoms with Gasteiger partial charge in [0, 0.05) is 25.2 Å². The number of para-hydroxylation sites is 2. The predicted molar refractivity (Wildman–Crippen MR) is 123 cm³/mol. The van der Waals surface area contributed by atoms with E-state index in [0.29, 0.717) is 12.1 Å². The fraction of sp³-hybridized carbons (Fsp3) is 0.292. The van der Waals surface area contributed by atoms with Crippen molar-refractivity contribution in [2.75, 3.05) is 25.5 Å². The Balaban J connectivity index is 1.52. The quantitative estimate of drug-likeness (QED) is 0.645. The summed E-state index contributed by atoms with van der Waals surface area (Å²) in [5, 5.41) is 6.93. The molecule has 148 valence electrons. The number of rotatable bonds is 2. The first kappa shape index (κ1) is 18.4. The molecular weight excluding hydrogens is 376 g/mol. The fourth-order valence-corrected chi connectivity index (χ4v) is 5.26. The second kappa shape index (κ2) is 7.65. The Morgan fingerprint density at radius 1 is 1.03 bits per heavy atom. The van der Waals surface area contributed by atoms with Crippen LogP contribution in [-0.4, -0.2) is 47.9 Å². The Hall–Kier alpha value is -2.63. The summed E-state index contributed by atoms with van der Waals surface area (Å²) >= 11 is 1.75. The van der Waals surface area contributed by atoms with E-state index >= 15 is 0 Å². The number of fused-ring (bicyclic) bond motifs is 2. The van der Waals surface area contributed by atoms with Crippen molar-refractivity contribution in [1.29, 1.82) is 0 Å². The molecule has 1 N–H and O–H groups in total. The Labute approximate surface area is 176 Å². The normalized spacial score (nSPS) is 21.6. The van der Waals surface area contributed by atoms with Gasteiger partial charge in [0.25, 0.3) is 0 Å². The maximum atomic E-state index is 5.16. The van der Waals surface area contributed by atoms with Gasteiger partial charge in [-0.2, -0.15) is 0 Å². The summed E-state index contributed by atoms with van der Waals surface area (Å²) < 4.78 is 0. The van der Waals surface area contributed by atoms with Crippen LogP contribution in [0.25, 0.3) is 0 Å². The van der Waals surface area contributed by atoms with Gasteiger partial charge in [-0.05, 0) is 49.5 Å². The van der Waals surface area contributed by atoms with E-state index in [9.17, 15) is 0 Å². The number of hydrogen-bond acceptors (Lipinski definition) is 5. The minimum Gasteiger partial charge on any atom is -0.350 e. The van der Waals surface area contributed by atoms with Crippen molar-refractivity contribution in [2.45, 2.75) is 25.4 Å². The van der Waals surface area contributed by atoms with Gasteiger partial charge in [-0.1, -0.05) is 42.5 Å². The van der Waals surface area contributed by atoms with Gasteiger partial charge in [0.1, 0.15) is 10.8 Å². The van der Waals surface area contributed by atoms with E-state index in [2.05, 4.69) is 95.1 Å². The summed E-state index contributed by atoms with van der Waals surface area (Å²) in [4.78, 5) is 10.2. The van der Waals surface area contributed by atoms with Crippen molar-refractivity contribution >= 4 is 33.5 Å². The van der Waals surface area contributed by atoms with Crippen molar-refractivity contribution in [3.8, 4) is 0 Å². The van der Waals surface area contributed by atoms with Crippen LogP contribution in [0, 0.1) is 0 Å². The highest BCUT2D eigenvalue weighted by Crippen LogP contribution is 2.38. The highest BCUT2D eigenvalue weighted by atomic mass is 32.1. The van der Waals surface area contributed by atoms with E-state index in [4.69, 9.17) is 4.99 Å². The predicted octanol–water partition coefficient (Wildman–Crippen LogP) is 5.13. The monoisotopic (exact) mass is 402 g/mol. The maximum absolute atomic E-state index is 5.16. The van der Waals surface area contributed by atoms with Crippen LogP contribution in [0.1, 0.15) is 18.1 Å². The summed E-state index contributed by atoms with van der Waals surface area (Å²) in [7, 11) is 2.25. The molecule has 0 radical (unpaired) electrons. The van der Waals surface area contributed by atoms with Crippen LogP contribution >= 0.6 is 11.3 Å². The minimum atomic E-state index is 0.366. The molecule has 0 aliphatic carbocycles. The molecule has 1 saturated heterocycles. The van der Waals surface area contributed by atoms with Gasteiger partial charge >= 0.3 is 0 Å². The highest BCUT2D eigenvalue weighted by molar-refractivity contribution is 7.14. The summed E-state index contributed by atoms with van der Waals surface area (Å²) in [6.07, 6.45) is 1.05. The molecule has 0 saturated carbocycles. The van der Waals surface area contributed by atoms with Gasteiger partial charge in [0.15, 0.2) is 0 Å². The molecule has 0 spiro atoms. The lowest BCUT2D eigenvalue weighted by molar-refractivity contribution is 0.0901. The molecule has 29 heavy (non-hydrogen) atoms. The summed E-state index contributed by atoms with van der Waals surface area (Å²) in [6.45, 7) is 4.37. The highest BCUT2D eigenvalue weighted by Gasteiger charge is 2.35. The first-order chi connectivity index (χ1) is 14.2. The largest absolute Gasteiger partial charge is 0.350 e. The average Bonchev–Trinajstić information content (AvgIpc) is 3.14. The number of benzene rings is 2. The first-order valence-corrected chi connectivity index (χ1v) is 11.1. The molecule has 5 heteroatoms. The number of amidine groups is 1. The van der Waals surface area contributed by atoms with Crippen LogP contribution in [0.4, 0.5) is 16.4 Å². The van der Waals surface area contributed by atoms with E-state index in [0.717, 1.165) is 36.7 Å². The van der Waals surface area contributed by atoms with E-state index < -0.39 is 0 Å². The number of thiophene rings is 1. The Morgan fingerprint density at radius 2 is 1.83 bits per heavy atom. The lowest BCUT2D eigenvalue weighted by atomic mass is 9.95. The van der Waals surface area contributed by atoms with Crippen LogP contribution in [0.2, 0.25) is 0 Å². The smallest absolute Gasteiger partial charge is 0.139 e. The third kappa shape index (κ3) is 3.45. The summed E-state index contributed by atoms with van der Waals surface area (Å²) in [6, 6.07) is 22.2. The zero-order chi connectivity index (χ0) is 19.8. The summed E-state index contributed by atoms with van der Waals surface area (Å²) in [5.74, 6) is 1.09. The Kier molecular flexibility index (Phi) is 4.86. The fourth-order valence-electron chi connectivity index (χ4n) is 4.47. The van der Waals surface area contributed by atoms with Crippen molar-refractivity contribution < 1.29 is 0 Å². The molecule has 4 nitrogen and oxygen atoms in total. The molecule has 5 rings (SSSR count). The number of nitrogens with zero attached hydrogens (tertiary/aromatic N) is 3. The Morgan fingerprint density at radius 3 is 2.69 bits per heavy atom. The van der Waals surface area contributed by atoms with Gasteiger partial charge in [0.05, 0.1) is 16.9 Å². The van der Waals surface area contributed by atoms with E-state index in [1.54, 1.807) is 11.3 Å². The van der Waals surface area contributed by atoms with E-state index in [1.165, 1.54) is 16.1 Å².